The van der Waals surface area contributed by atoms with Gasteiger partial charge in [-0.25, -0.2) is 13.1 Å². The molecule has 0 aliphatic heterocycles. The summed E-state index contributed by atoms with van der Waals surface area (Å²) in [5.74, 6) is -0.406. The van der Waals surface area contributed by atoms with Crippen LogP contribution in [0.1, 0.15) is 13.3 Å². The Labute approximate surface area is 107 Å². The molecule has 0 radical (unpaired) electrons. The van der Waals surface area contributed by atoms with Gasteiger partial charge in [0.1, 0.15) is 4.90 Å². The van der Waals surface area contributed by atoms with Crippen molar-refractivity contribution in [2.75, 3.05) is 12.4 Å². The minimum atomic E-state index is -3.61. The lowest BCUT2D eigenvalue weighted by Gasteiger charge is -2.13. The van der Waals surface area contributed by atoms with Gasteiger partial charge in [-0.1, -0.05) is 19.1 Å². The van der Waals surface area contributed by atoms with Crippen molar-refractivity contribution in [1.82, 2.24) is 4.72 Å². The van der Waals surface area contributed by atoms with E-state index in [1.807, 2.05) is 0 Å². The number of benzene rings is 1. The van der Waals surface area contributed by atoms with Gasteiger partial charge in [0.05, 0.1) is 11.7 Å². The molecule has 4 N–H and O–H groups in total. The van der Waals surface area contributed by atoms with Gasteiger partial charge in [0.15, 0.2) is 0 Å². The van der Waals surface area contributed by atoms with Crippen molar-refractivity contribution < 1.29 is 13.2 Å². The molecule has 100 valence electrons. The number of amides is 1. The Morgan fingerprint density at radius 3 is 2.56 bits per heavy atom. The zero-order valence-corrected chi connectivity index (χ0v) is 11.1. The Morgan fingerprint density at radius 2 is 2.00 bits per heavy atom. The maximum Gasteiger partial charge on any atom is 0.242 e. The van der Waals surface area contributed by atoms with Crippen LogP contribution in [0.4, 0.5) is 5.69 Å². The summed E-state index contributed by atoms with van der Waals surface area (Å²) in [4.78, 5) is 11.7. The van der Waals surface area contributed by atoms with Gasteiger partial charge in [-0.2, -0.15) is 0 Å². The van der Waals surface area contributed by atoms with Gasteiger partial charge >= 0.3 is 0 Å². The Bertz CT molecular complexity index is 528. The number of para-hydroxylation sites is 1. The van der Waals surface area contributed by atoms with Gasteiger partial charge in [0, 0.05) is 0 Å². The number of hydrogen-bond acceptors (Lipinski definition) is 4. The number of anilines is 1. The second-order valence-electron chi connectivity index (χ2n) is 3.71. The van der Waals surface area contributed by atoms with Crippen LogP contribution in [0, 0.1) is 0 Å². The summed E-state index contributed by atoms with van der Waals surface area (Å²) in [6.45, 7) is 1.78. The van der Waals surface area contributed by atoms with E-state index in [1.54, 1.807) is 19.1 Å². The van der Waals surface area contributed by atoms with Crippen LogP contribution in [0.5, 0.6) is 0 Å². The van der Waals surface area contributed by atoms with Crippen LogP contribution in [0.2, 0.25) is 0 Å². The topological polar surface area (TPSA) is 101 Å². The third-order valence-corrected chi connectivity index (χ3v) is 3.95. The van der Waals surface area contributed by atoms with Crippen LogP contribution < -0.4 is 15.8 Å². The summed E-state index contributed by atoms with van der Waals surface area (Å²) in [6, 6.07) is 5.50. The first kappa shape index (κ1) is 14.6. The summed E-state index contributed by atoms with van der Waals surface area (Å²) in [7, 11) is -2.30. The lowest BCUT2D eigenvalue weighted by molar-refractivity contribution is -0.117. The average molecular weight is 271 g/mol. The van der Waals surface area contributed by atoms with Crippen LogP contribution in [-0.4, -0.2) is 27.4 Å². The maximum atomic E-state index is 11.7. The highest BCUT2D eigenvalue weighted by atomic mass is 32.2. The molecule has 1 aromatic rings. The molecule has 0 spiro atoms. The number of rotatable bonds is 5. The van der Waals surface area contributed by atoms with E-state index in [0.29, 0.717) is 6.42 Å². The van der Waals surface area contributed by atoms with Crippen molar-refractivity contribution >= 4 is 21.6 Å². The predicted octanol–water partition coefficient (Wildman–Crippen LogP) is 0.270. The van der Waals surface area contributed by atoms with E-state index in [0.717, 1.165) is 0 Å². The summed E-state index contributed by atoms with van der Waals surface area (Å²) in [5.41, 5.74) is 5.80. The van der Waals surface area contributed by atoms with Crippen molar-refractivity contribution in [3.63, 3.8) is 0 Å². The second kappa shape index (κ2) is 5.94. The van der Waals surface area contributed by atoms with Gasteiger partial charge in [0.2, 0.25) is 15.9 Å². The van der Waals surface area contributed by atoms with Crippen LogP contribution in [0.25, 0.3) is 0 Å². The fraction of sp³-hybridized carbons (Fsp3) is 0.364. The molecule has 0 fully saturated rings. The Kier molecular flexibility index (Phi) is 4.83. The van der Waals surface area contributed by atoms with Gasteiger partial charge in [-0.15, -0.1) is 0 Å². The van der Waals surface area contributed by atoms with E-state index in [9.17, 15) is 13.2 Å². The van der Waals surface area contributed by atoms with E-state index in [-0.39, 0.29) is 10.6 Å². The van der Waals surface area contributed by atoms with Crippen LogP contribution in [0.15, 0.2) is 29.2 Å². The largest absolute Gasteiger partial charge is 0.324 e. The van der Waals surface area contributed by atoms with Gasteiger partial charge in [0.25, 0.3) is 0 Å². The van der Waals surface area contributed by atoms with Gasteiger partial charge < -0.3 is 11.1 Å². The Hall–Kier alpha value is -1.44. The second-order valence-corrected chi connectivity index (χ2v) is 5.56. The van der Waals surface area contributed by atoms with E-state index >= 15 is 0 Å². The number of hydrogen-bond donors (Lipinski definition) is 3. The lowest BCUT2D eigenvalue weighted by atomic mass is 10.2. The number of nitrogens with one attached hydrogen (secondary N) is 2. The SMILES string of the molecule is CC[C@H](N)C(=O)Nc1ccccc1S(=O)(=O)NC. The number of sulfonamides is 1. The Morgan fingerprint density at radius 1 is 1.39 bits per heavy atom. The molecule has 0 unspecified atom stereocenters. The summed E-state index contributed by atoms with van der Waals surface area (Å²) in [5, 5.41) is 2.52. The summed E-state index contributed by atoms with van der Waals surface area (Å²) < 4.78 is 25.7. The first-order chi connectivity index (χ1) is 8.42. The highest BCUT2D eigenvalue weighted by molar-refractivity contribution is 7.89. The van der Waals surface area contributed by atoms with E-state index < -0.39 is 22.0 Å². The molecule has 0 heterocycles. The molecule has 1 rings (SSSR count). The van der Waals surface area contributed by atoms with Gasteiger partial charge in [-0.05, 0) is 25.6 Å². The van der Waals surface area contributed by atoms with Crippen molar-refractivity contribution in [1.29, 1.82) is 0 Å². The van der Waals surface area contributed by atoms with Crippen LogP contribution in [-0.2, 0) is 14.8 Å². The standard InChI is InChI=1S/C11H17N3O3S/c1-3-8(12)11(15)14-9-6-4-5-7-10(9)18(16,17)13-2/h4-8,13H,3,12H2,1-2H3,(H,14,15)/t8-/m0/s1. The highest BCUT2D eigenvalue weighted by Crippen LogP contribution is 2.20. The van der Waals surface area contributed by atoms with Crippen molar-refractivity contribution in [3.8, 4) is 0 Å². The molecule has 1 amide bonds. The molecule has 0 aliphatic rings. The first-order valence-corrected chi connectivity index (χ1v) is 6.99. The number of carbonyl (C=O) groups excluding carboxylic acids is 1. The van der Waals surface area contributed by atoms with E-state index in [4.69, 9.17) is 5.73 Å². The molecule has 1 aromatic carbocycles. The van der Waals surface area contributed by atoms with E-state index in [2.05, 4.69) is 10.0 Å². The molecular formula is C11H17N3O3S. The summed E-state index contributed by atoms with van der Waals surface area (Å²) >= 11 is 0. The molecule has 0 bridgehead atoms. The lowest BCUT2D eigenvalue weighted by Crippen LogP contribution is -2.35. The van der Waals surface area contributed by atoms with Crippen molar-refractivity contribution in [2.45, 2.75) is 24.3 Å². The maximum absolute atomic E-state index is 11.7. The molecule has 0 aromatic heterocycles. The molecule has 0 saturated heterocycles. The molecule has 7 heteroatoms. The predicted molar refractivity (Wildman–Crippen MR) is 69.6 cm³/mol. The van der Waals surface area contributed by atoms with Gasteiger partial charge in [-0.3, -0.25) is 4.79 Å². The fourth-order valence-corrected chi connectivity index (χ4v) is 2.21. The smallest absolute Gasteiger partial charge is 0.242 e. The molecule has 18 heavy (non-hydrogen) atoms. The molecule has 6 nitrogen and oxygen atoms in total. The zero-order valence-electron chi connectivity index (χ0n) is 10.3. The zero-order chi connectivity index (χ0) is 13.8. The van der Waals surface area contributed by atoms with Crippen molar-refractivity contribution in [2.24, 2.45) is 5.73 Å². The summed E-state index contributed by atoms with van der Waals surface area (Å²) in [6.07, 6.45) is 0.479. The molecule has 0 saturated carbocycles. The third kappa shape index (κ3) is 3.28. The molecule has 0 aliphatic carbocycles. The highest BCUT2D eigenvalue weighted by Gasteiger charge is 2.19. The first-order valence-electron chi connectivity index (χ1n) is 5.51. The van der Waals surface area contributed by atoms with E-state index in [1.165, 1.54) is 19.2 Å². The fourth-order valence-electron chi connectivity index (χ4n) is 1.33. The number of nitrogens with two attached hydrogens (primary N) is 1. The number of carbonyl (C=O) groups is 1. The third-order valence-electron chi connectivity index (χ3n) is 2.48. The molecule has 1 atom stereocenters. The minimum Gasteiger partial charge on any atom is -0.324 e. The average Bonchev–Trinajstić information content (AvgIpc) is 2.38. The normalized spacial score (nSPS) is 13.1. The van der Waals surface area contributed by atoms with Crippen molar-refractivity contribution in [3.05, 3.63) is 24.3 Å². The quantitative estimate of drug-likeness (QED) is 0.715. The minimum absolute atomic E-state index is 0.0177. The molecular weight excluding hydrogens is 254 g/mol. The van der Waals surface area contributed by atoms with Crippen LogP contribution in [0.3, 0.4) is 0 Å². The van der Waals surface area contributed by atoms with Crippen LogP contribution >= 0.6 is 0 Å². The Balaban J connectivity index is 3.08. The monoisotopic (exact) mass is 271 g/mol.